The predicted molar refractivity (Wildman–Crippen MR) is 152 cm³/mol. The Hall–Kier alpha value is -3.75. The molecule has 0 spiro atoms. The van der Waals surface area contributed by atoms with Gasteiger partial charge in [0.2, 0.25) is 5.82 Å². The van der Waals surface area contributed by atoms with Crippen LogP contribution in [-0.4, -0.2) is 95.1 Å². The van der Waals surface area contributed by atoms with Gasteiger partial charge in [0.05, 0.1) is 12.4 Å². The summed E-state index contributed by atoms with van der Waals surface area (Å²) < 4.78 is 1.97. The first-order chi connectivity index (χ1) is 18.9. The molecule has 2 fully saturated rings. The van der Waals surface area contributed by atoms with Crippen LogP contribution in [0.3, 0.4) is 0 Å². The van der Waals surface area contributed by atoms with E-state index in [9.17, 15) is 10.1 Å². The van der Waals surface area contributed by atoms with Gasteiger partial charge in [-0.2, -0.15) is 15.2 Å². The van der Waals surface area contributed by atoms with E-state index in [-0.39, 0.29) is 17.8 Å². The highest BCUT2D eigenvalue weighted by Crippen LogP contribution is 2.30. The van der Waals surface area contributed by atoms with Gasteiger partial charge in [0.25, 0.3) is 5.91 Å². The van der Waals surface area contributed by atoms with Gasteiger partial charge in [0, 0.05) is 44.0 Å². The minimum Gasteiger partial charge on any atom is -0.369 e. The van der Waals surface area contributed by atoms with E-state index in [1.165, 1.54) is 0 Å². The lowest BCUT2D eigenvalue weighted by molar-refractivity contribution is 0.0944. The fourth-order valence-electron chi connectivity index (χ4n) is 5.43. The first-order valence-corrected chi connectivity index (χ1v) is 13.8. The molecule has 39 heavy (non-hydrogen) atoms. The third-order valence-electron chi connectivity index (χ3n) is 7.67. The summed E-state index contributed by atoms with van der Waals surface area (Å²) in [7, 11) is 6.22. The van der Waals surface area contributed by atoms with Crippen LogP contribution in [0.25, 0.3) is 11.2 Å². The largest absolute Gasteiger partial charge is 0.369 e. The number of likely N-dealkylation sites (N-methyl/N-ethyl adjacent to an activating group) is 1. The monoisotopic (exact) mass is 530 g/mol. The molecule has 0 bridgehead atoms. The number of piperazine rings is 1. The Kier molecular flexibility index (Phi) is 8.24. The van der Waals surface area contributed by atoms with E-state index in [1.807, 2.05) is 41.9 Å². The third kappa shape index (κ3) is 6.13. The summed E-state index contributed by atoms with van der Waals surface area (Å²) >= 11 is 0. The minimum atomic E-state index is -0.200. The molecule has 0 unspecified atom stereocenters. The first kappa shape index (κ1) is 26.8. The number of hydrogen-bond acceptors (Lipinski definition) is 9. The van der Waals surface area contributed by atoms with Crippen LogP contribution in [0.15, 0.2) is 30.6 Å². The van der Waals surface area contributed by atoms with Crippen molar-refractivity contribution in [2.75, 3.05) is 63.8 Å². The Morgan fingerprint density at radius 1 is 1.15 bits per heavy atom. The van der Waals surface area contributed by atoms with E-state index in [4.69, 9.17) is 0 Å². The molecule has 2 aromatic heterocycles. The zero-order valence-electron chi connectivity index (χ0n) is 23.2. The van der Waals surface area contributed by atoms with Crippen molar-refractivity contribution < 1.29 is 4.79 Å². The van der Waals surface area contributed by atoms with E-state index >= 15 is 0 Å². The number of carbonyl (C=O) groups excluding carboxylic acids is 1. The minimum absolute atomic E-state index is 0.0679. The van der Waals surface area contributed by atoms with Gasteiger partial charge in [0.15, 0.2) is 17.0 Å². The highest BCUT2D eigenvalue weighted by molar-refractivity contribution is 5.97. The SMILES string of the molecule is CN(C)CCCn1cnc2c(N(NC(=O)c3cccc(N4CCN(C)CC4)c3)C3CCCC3)nc(C#N)nc21. The smallest absolute Gasteiger partial charge is 0.269 e. The van der Waals surface area contributed by atoms with Crippen molar-refractivity contribution in [3.8, 4) is 6.07 Å². The van der Waals surface area contributed by atoms with Crippen molar-refractivity contribution in [3.05, 3.63) is 42.0 Å². The Morgan fingerprint density at radius 3 is 2.64 bits per heavy atom. The number of nitrogens with one attached hydrogen (secondary N) is 1. The fraction of sp³-hybridized carbons (Fsp3) is 0.536. The number of hydrazine groups is 1. The average molecular weight is 531 g/mol. The maximum absolute atomic E-state index is 13.7. The molecule has 0 radical (unpaired) electrons. The van der Waals surface area contributed by atoms with Crippen molar-refractivity contribution >= 4 is 28.6 Å². The molecule has 11 heteroatoms. The van der Waals surface area contributed by atoms with Crippen LogP contribution in [0.2, 0.25) is 0 Å². The van der Waals surface area contributed by atoms with Gasteiger partial charge in [-0.25, -0.2) is 4.98 Å². The van der Waals surface area contributed by atoms with Crippen molar-refractivity contribution in [1.29, 1.82) is 5.26 Å². The summed E-state index contributed by atoms with van der Waals surface area (Å²) in [5.74, 6) is 0.355. The molecule has 3 heterocycles. The van der Waals surface area contributed by atoms with Gasteiger partial charge in [-0.15, -0.1) is 0 Å². The van der Waals surface area contributed by atoms with Crippen LogP contribution >= 0.6 is 0 Å². The maximum atomic E-state index is 13.7. The van der Waals surface area contributed by atoms with Crippen molar-refractivity contribution in [3.63, 3.8) is 0 Å². The van der Waals surface area contributed by atoms with Crippen molar-refractivity contribution in [1.82, 2.24) is 34.7 Å². The van der Waals surface area contributed by atoms with Gasteiger partial charge in [0.1, 0.15) is 6.07 Å². The molecule has 1 aromatic carbocycles. The number of nitrogens with zero attached hydrogens (tertiary/aromatic N) is 9. The Labute approximate surface area is 230 Å². The van der Waals surface area contributed by atoms with Gasteiger partial charge >= 0.3 is 0 Å². The maximum Gasteiger partial charge on any atom is 0.269 e. The summed E-state index contributed by atoms with van der Waals surface area (Å²) in [6, 6.07) is 9.98. The molecule has 1 saturated heterocycles. The molecule has 206 valence electrons. The summed E-state index contributed by atoms with van der Waals surface area (Å²) in [4.78, 5) is 34.1. The first-order valence-electron chi connectivity index (χ1n) is 13.8. The number of carbonyl (C=O) groups is 1. The average Bonchev–Trinajstić information content (AvgIpc) is 3.62. The summed E-state index contributed by atoms with van der Waals surface area (Å²) in [6.45, 7) is 5.52. The number of aryl methyl sites for hydroxylation is 1. The zero-order chi connectivity index (χ0) is 27.4. The van der Waals surface area contributed by atoms with E-state index in [1.54, 1.807) is 6.33 Å². The molecule has 3 aromatic rings. The van der Waals surface area contributed by atoms with E-state index in [0.717, 1.165) is 77.1 Å². The number of aromatic nitrogens is 4. The number of benzene rings is 1. The van der Waals surface area contributed by atoms with Crippen molar-refractivity contribution in [2.24, 2.45) is 0 Å². The highest BCUT2D eigenvalue weighted by Gasteiger charge is 2.29. The number of imidazole rings is 1. The topological polar surface area (TPSA) is 109 Å². The summed E-state index contributed by atoms with van der Waals surface area (Å²) in [5.41, 5.74) is 6.01. The van der Waals surface area contributed by atoms with Gasteiger partial charge in [-0.05, 0) is 65.1 Å². The second-order valence-electron chi connectivity index (χ2n) is 10.8. The molecule has 2 aliphatic rings. The van der Waals surface area contributed by atoms with Crippen LogP contribution in [0.1, 0.15) is 48.3 Å². The van der Waals surface area contributed by atoms with Gasteiger partial charge in [-0.3, -0.25) is 15.2 Å². The second-order valence-corrected chi connectivity index (χ2v) is 10.8. The number of anilines is 2. The number of hydrogen-bond donors (Lipinski definition) is 1. The van der Waals surface area contributed by atoms with Gasteiger partial charge in [-0.1, -0.05) is 18.9 Å². The molecule has 1 saturated carbocycles. The van der Waals surface area contributed by atoms with E-state index < -0.39 is 0 Å². The molecule has 1 aliphatic heterocycles. The second kappa shape index (κ2) is 12.0. The molecular formula is C28H38N10O. The summed E-state index contributed by atoms with van der Waals surface area (Å²) in [6.07, 6.45) is 6.69. The zero-order valence-corrected chi connectivity index (χ0v) is 23.2. The Bertz CT molecular complexity index is 1330. The molecule has 1 amide bonds. The Balaban J connectivity index is 1.44. The van der Waals surface area contributed by atoms with E-state index in [2.05, 4.69) is 54.3 Å². The van der Waals surface area contributed by atoms with Crippen LogP contribution in [0.4, 0.5) is 11.5 Å². The number of fused-ring (bicyclic) bond motifs is 1. The molecule has 0 atom stereocenters. The van der Waals surface area contributed by atoms with E-state index in [0.29, 0.717) is 22.5 Å². The molecule has 1 N–H and O–H groups in total. The molecular weight excluding hydrogens is 492 g/mol. The lowest BCUT2D eigenvalue weighted by Crippen LogP contribution is -2.48. The number of rotatable bonds is 9. The standard InChI is InChI=1S/C28H38N10O/c1-34(2)12-7-13-37-20-30-25-26(37)31-24(19-29)32-27(25)38(22-9-4-5-10-22)33-28(39)21-8-6-11-23(18-21)36-16-14-35(3)15-17-36/h6,8,11,18,20,22H,4-5,7,9-10,12-17H2,1-3H3,(H,33,39). The van der Waals surface area contributed by atoms with Crippen LogP contribution in [0, 0.1) is 11.3 Å². The van der Waals surface area contributed by atoms with Crippen LogP contribution < -0.4 is 15.3 Å². The summed E-state index contributed by atoms with van der Waals surface area (Å²) in [5, 5.41) is 11.6. The fourth-order valence-corrected chi connectivity index (χ4v) is 5.43. The lowest BCUT2D eigenvalue weighted by Gasteiger charge is -2.34. The van der Waals surface area contributed by atoms with Gasteiger partial charge < -0.3 is 19.3 Å². The van der Waals surface area contributed by atoms with Crippen LogP contribution in [-0.2, 0) is 6.54 Å². The van der Waals surface area contributed by atoms with Crippen molar-refractivity contribution in [2.45, 2.75) is 44.7 Å². The number of nitriles is 1. The number of amides is 1. The molecule has 5 rings (SSSR count). The lowest BCUT2D eigenvalue weighted by atomic mass is 10.1. The van der Waals surface area contributed by atoms with Crippen LogP contribution in [0.5, 0.6) is 0 Å². The molecule has 1 aliphatic carbocycles. The highest BCUT2D eigenvalue weighted by atomic mass is 16.2. The predicted octanol–water partition coefficient (Wildman–Crippen LogP) is 2.50. The third-order valence-corrected chi connectivity index (χ3v) is 7.67. The quantitative estimate of drug-likeness (QED) is 0.417. The normalized spacial score (nSPS) is 16.6. The Morgan fingerprint density at radius 2 is 1.92 bits per heavy atom. The molecule has 11 nitrogen and oxygen atoms in total.